The average molecular weight is 484 g/mol. The minimum Gasteiger partial charge on any atom is -0.464 e. The third-order valence-electron chi connectivity index (χ3n) is 5.64. The molecule has 2 saturated carbocycles. The second-order valence-corrected chi connectivity index (χ2v) is 9.33. The Bertz CT molecular complexity index is 853. The topological polar surface area (TPSA) is 169 Å². The van der Waals surface area contributed by atoms with E-state index in [1.807, 2.05) is 0 Å². The number of alkyl carbamates (subject to hydrolysis) is 1. The van der Waals surface area contributed by atoms with E-state index in [1.54, 1.807) is 27.7 Å². The Kier molecular flexibility index (Phi) is 8.30. The maximum atomic E-state index is 12.8. The van der Waals surface area contributed by atoms with Crippen LogP contribution in [0.1, 0.15) is 41.0 Å². The summed E-state index contributed by atoms with van der Waals surface area (Å²) in [6, 6.07) is -0.999. The molecule has 3 amide bonds. The van der Waals surface area contributed by atoms with Crippen molar-refractivity contribution in [2.75, 3.05) is 13.2 Å². The first-order valence-electron chi connectivity index (χ1n) is 11.0. The van der Waals surface area contributed by atoms with Crippen LogP contribution in [-0.2, 0) is 33.4 Å². The summed E-state index contributed by atoms with van der Waals surface area (Å²) in [6.07, 6.45) is -1.02. The van der Waals surface area contributed by atoms with Gasteiger partial charge in [-0.15, -0.1) is 0 Å². The molecule has 12 heteroatoms. The van der Waals surface area contributed by atoms with Crippen molar-refractivity contribution < 1.29 is 43.3 Å². The van der Waals surface area contributed by atoms with Crippen molar-refractivity contribution in [2.45, 2.75) is 64.3 Å². The third kappa shape index (κ3) is 6.04. The summed E-state index contributed by atoms with van der Waals surface area (Å²) >= 11 is 0. The van der Waals surface area contributed by atoms with Crippen molar-refractivity contribution in [3.8, 4) is 0 Å². The Labute approximate surface area is 197 Å². The minimum absolute atomic E-state index is 0.0241. The zero-order valence-electron chi connectivity index (χ0n) is 20.0. The van der Waals surface area contributed by atoms with Crippen molar-refractivity contribution in [1.82, 2.24) is 16.0 Å². The van der Waals surface area contributed by atoms with Gasteiger partial charge in [-0.25, -0.2) is 9.59 Å². The van der Waals surface area contributed by atoms with Crippen molar-refractivity contribution in [3.63, 3.8) is 0 Å². The smallest absolute Gasteiger partial charge is 0.408 e. The van der Waals surface area contributed by atoms with E-state index in [9.17, 15) is 29.1 Å². The highest BCUT2D eigenvalue weighted by Gasteiger charge is 2.76. The van der Waals surface area contributed by atoms with Crippen LogP contribution >= 0.6 is 0 Å². The molecule has 0 spiro atoms. The standard InChI is InChI=1S/C22H33N3O9/c1-7-32-18(29)15-14-12(26)9-22(16(14)15,19(30)33-8-2)25-13(27)10-23-17(28)11(3)24-20(31)34-21(4,5)6/h7,11-12,14-16,26H,1,8-10H2,2-6H3,(H,23,28)(H,24,31)(H,25,27)/t11-,12+,14+,15+,16+,22+/m1/s1. The highest BCUT2D eigenvalue weighted by atomic mass is 16.6. The van der Waals surface area contributed by atoms with Crippen LogP contribution in [0.3, 0.4) is 0 Å². The number of carbonyl (C=O) groups excluding carboxylic acids is 5. The van der Waals surface area contributed by atoms with Gasteiger partial charge in [-0.1, -0.05) is 6.58 Å². The normalized spacial score (nSPS) is 27.9. The fourth-order valence-electron chi connectivity index (χ4n) is 4.34. The lowest BCUT2D eigenvalue weighted by Crippen LogP contribution is -2.59. The Hall–Kier alpha value is -3.15. The van der Waals surface area contributed by atoms with Gasteiger partial charge in [0.1, 0.15) is 17.2 Å². The molecule has 2 fully saturated rings. The molecule has 12 nitrogen and oxygen atoms in total. The average Bonchev–Trinajstić information content (AvgIpc) is 3.40. The van der Waals surface area contributed by atoms with Gasteiger partial charge < -0.3 is 35.3 Å². The monoisotopic (exact) mass is 483 g/mol. The first kappa shape index (κ1) is 27.1. The molecule has 2 aliphatic carbocycles. The van der Waals surface area contributed by atoms with E-state index >= 15 is 0 Å². The van der Waals surface area contributed by atoms with Crippen LogP contribution in [0.4, 0.5) is 4.79 Å². The van der Waals surface area contributed by atoms with Crippen molar-refractivity contribution in [1.29, 1.82) is 0 Å². The Morgan fingerprint density at radius 2 is 1.88 bits per heavy atom. The largest absolute Gasteiger partial charge is 0.464 e. The third-order valence-corrected chi connectivity index (χ3v) is 5.64. The second-order valence-electron chi connectivity index (χ2n) is 9.33. The van der Waals surface area contributed by atoms with Crippen LogP contribution in [0.25, 0.3) is 0 Å². The van der Waals surface area contributed by atoms with Crippen molar-refractivity contribution in [2.24, 2.45) is 17.8 Å². The van der Waals surface area contributed by atoms with E-state index < -0.39 is 77.4 Å². The molecule has 0 aromatic heterocycles. The zero-order valence-corrected chi connectivity index (χ0v) is 20.0. The Morgan fingerprint density at radius 3 is 2.44 bits per heavy atom. The molecule has 190 valence electrons. The maximum Gasteiger partial charge on any atom is 0.408 e. The lowest BCUT2D eigenvalue weighted by Gasteiger charge is -2.31. The number of carbonyl (C=O) groups is 5. The lowest BCUT2D eigenvalue weighted by atomic mass is 9.89. The summed E-state index contributed by atoms with van der Waals surface area (Å²) in [6.45, 7) is 10.9. The maximum absolute atomic E-state index is 12.8. The first-order valence-corrected chi connectivity index (χ1v) is 11.0. The van der Waals surface area contributed by atoms with E-state index in [0.29, 0.717) is 0 Å². The fraction of sp³-hybridized carbons (Fsp3) is 0.682. The lowest BCUT2D eigenvalue weighted by molar-refractivity contribution is -0.156. The van der Waals surface area contributed by atoms with Crippen molar-refractivity contribution >= 4 is 29.8 Å². The molecule has 0 heterocycles. The van der Waals surface area contributed by atoms with Gasteiger partial charge in [-0.05, 0) is 34.6 Å². The SMILES string of the molecule is C=COC(=O)[C@H]1[C@H]2[C@@H]1[C@](NC(=O)CNC(=O)[C@@H](C)NC(=O)OC(C)(C)C)(C(=O)OCC)C[C@@H]2O. The van der Waals surface area contributed by atoms with Gasteiger partial charge in [-0.3, -0.25) is 14.4 Å². The molecular weight excluding hydrogens is 450 g/mol. The second kappa shape index (κ2) is 10.4. The number of amides is 3. The highest BCUT2D eigenvalue weighted by Crippen LogP contribution is 2.63. The molecule has 6 atom stereocenters. The van der Waals surface area contributed by atoms with Gasteiger partial charge in [0.25, 0.3) is 0 Å². The summed E-state index contributed by atoms with van der Waals surface area (Å²) in [5.74, 6) is -4.95. The van der Waals surface area contributed by atoms with Gasteiger partial charge in [-0.2, -0.15) is 0 Å². The van der Waals surface area contributed by atoms with Crippen LogP contribution < -0.4 is 16.0 Å². The summed E-state index contributed by atoms with van der Waals surface area (Å²) in [7, 11) is 0. The summed E-state index contributed by atoms with van der Waals surface area (Å²) in [5.41, 5.74) is -2.39. The summed E-state index contributed by atoms with van der Waals surface area (Å²) < 4.78 is 15.0. The number of aliphatic hydroxyl groups is 1. The molecule has 4 N–H and O–H groups in total. The Balaban J connectivity index is 2.02. The van der Waals surface area contributed by atoms with E-state index in [2.05, 4.69) is 22.5 Å². The number of hydrogen-bond acceptors (Lipinski definition) is 9. The zero-order chi connectivity index (χ0) is 25.8. The number of rotatable bonds is 9. The van der Waals surface area contributed by atoms with E-state index in [0.717, 1.165) is 6.26 Å². The van der Waals surface area contributed by atoms with Gasteiger partial charge in [0.15, 0.2) is 0 Å². The van der Waals surface area contributed by atoms with Crippen LogP contribution in [0.15, 0.2) is 12.8 Å². The number of ether oxygens (including phenoxy) is 3. The molecule has 0 unspecified atom stereocenters. The molecular formula is C22H33N3O9. The fourth-order valence-corrected chi connectivity index (χ4v) is 4.34. The van der Waals surface area contributed by atoms with Crippen LogP contribution in [0.2, 0.25) is 0 Å². The molecule has 0 aliphatic heterocycles. The molecule has 0 saturated heterocycles. The van der Waals surface area contributed by atoms with Gasteiger partial charge in [0.05, 0.1) is 31.4 Å². The molecule has 2 rings (SSSR count). The summed E-state index contributed by atoms with van der Waals surface area (Å²) in [5, 5.41) is 17.7. The number of fused-ring (bicyclic) bond motifs is 1. The minimum atomic E-state index is -1.65. The first-order chi connectivity index (χ1) is 15.8. The van der Waals surface area contributed by atoms with Gasteiger partial charge in [0.2, 0.25) is 11.8 Å². The van der Waals surface area contributed by atoms with Gasteiger partial charge >= 0.3 is 18.0 Å². The number of aliphatic hydroxyl groups excluding tert-OH is 1. The quantitative estimate of drug-likeness (QED) is 0.196. The molecule has 0 aromatic rings. The molecule has 0 radical (unpaired) electrons. The van der Waals surface area contributed by atoms with E-state index in [1.165, 1.54) is 6.92 Å². The predicted molar refractivity (Wildman–Crippen MR) is 117 cm³/mol. The number of nitrogens with one attached hydrogen (secondary N) is 3. The molecule has 34 heavy (non-hydrogen) atoms. The van der Waals surface area contributed by atoms with E-state index in [-0.39, 0.29) is 13.0 Å². The van der Waals surface area contributed by atoms with E-state index in [4.69, 9.17) is 14.2 Å². The van der Waals surface area contributed by atoms with Crippen LogP contribution in [0.5, 0.6) is 0 Å². The summed E-state index contributed by atoms with van der Waals surface area (Å²) in [4.78, 5) is 61.8. The van der Waals surface area contributed by atoms with Crippen LogP contribution in [-0.4, -0.2) is 71.4 Å². The molecule has 0 aromatic carbocycles. The molecule has 0 bridgehead atoms. The van der Waals surface area contributed by atoms with Crippen LogP contribution in [0, 0.1) is 17.8 Å². The predicted octanol–water partition coefficient (Wildman–Crippen LogP) is -0.253. The van der Waals surface area contributed by atoms with Crippen molar-refractivity contribution in [3.05, 3.63) is 12.8 Å². The number of esters is 2. The van der Waals surface area contributed by atoms with Gasteiger partial charge in [0, 0.05) is 18.3 Å². The molecule has 2 aliphatic rings. The highest BCUT2D eigenvalue weighted by molar-refractivity contribution is 5.94. The Morgan fingerprint density at radius 1 is 1.24 bits per heavy atom. The number of hydrogen-bond donors (Lipinski definition) is 4.